The van der Waals surface area contributed by atoms with E-state index >= 15 is 0 Å². The van der Waals surface area contributed by atoms with E-state index in [2.05, 4.69) is 6.92 Å². The van der Waals surface area contributed by atoms with Crippen molar-refractivity contribution in [1.29, 1.82) is 0 Å². The Hall–Kier alpha value is -0.570. The number of unbranched alkanes of at least 4 members (excludes halogenated alkanes) is 2. The number of nitrogens with one attached hydrogen (secondary N) is 1. The molecule has 3 nitrogen and oxygen atoms in total. The highest BCUT2D eigenvalue weighted by Crippen LogP contribution is 1.93. The Labute approximate surface area is 61.5 Å². The van der Waals surface area contributed by atoms with Gasteiger partial charge < -0.3 is 4.74 Å². The molecule has 1 N–H and O–H groups in total. The van der Waals surface area contributed by atoms with Crippen LogP contribution < -0.4 is 5.73 Å². The zero-order valence-electron chi connectivity index (χ0n) is 6.35. The summed E-state index contributed by atoms with van der Waals surface area (Å²) in [5.41, 5.74) is 6.49. The van der Waals surface area contributed by atoms with Gasteiger partial charge in [-0.1, -0.05) is 19.8 Å². The van der Waals surface area contributed by atoms with Crippen molar-refractivity contribution in [1.82, 2.24) is 5.73 Å². The number of carbonyl (C=O) groups is 1. The molecule has 0 rings (SSSR count). The third kappa shape index (κ3) is 7.43. The zero-order chi connectivity index (χ0) is 7.82. The van der Waals surface area contributed by atoms with Crippen molar-refractivity contribution >= 4 is 5.91 Å². The molecular formula is C7H14NO2. The van der Waals surface area contributed by atoms with E-state index in [9.17, 15) is 4.79 Å². The molecule has 1 amide bonds. The molecule has 0 heterocycles. The fourth-order valence-electron chi connectivity index (χ4n) is 0.619. The van der Waals surface area contributed by atoms with Gasteiger partial charge in [-0.15, -0.1) is 0 Å². The predicted molar refractivity (Wildman–Crippen MR) is 38.4 cm³/mol. The van der Waals surface area contributed by atoms with Gasteiger partial charge in [-0.25, -0.2) is 0 Å². The normalized spacial score (nSPS) is 9.70. The van der Waals surface area contributed by atoms with Crippen molar-refractivity contribution in [3.05, 3.63) is 0 Å². The molecule has 0 aliphatic heterocycles. The number of ether oxygens (including phenoxy) is 1. The molecule has 0 aliphatic rings. The summed E-state index contributed by atoms with van der Waals surface area (Å²) >= 11 is 0. The number of hydrogen-bond acceptors (Lipinski definition) is 2. The molecular weight excluding hydrogens is 130 g/mol. The molecule has 0 aliphatic carbocycles. The minimum Gasteiger partial charge on any atom is -0.372 e. The van der Waals surface area contributed by atoms with Crippen LogP contribution in [0.15, 0.2) is 0 Å². The van der Waals surface area contributed by atoms with Gasteiger partial charge in [-0.05, 0) is 6.42 Å². The lowest BCUT2D eigenvalue weighted by Gasteiger charge is -1.98. The van der Waals surface area contributed by atoms with Gasteiger partial charge in [0, 0.05) is 6.61 Å². The molecule has 0 fully saturated rings. The van der Waals surface area contributed by atoms with Gasteiger partial charge in [0.05, 0.1) is 0 Å². The van der Waals surface area contributed by atoms with Gasteiger partial charge in [0.1, 0.15) is 6.61 Å². The van der Waals surface area contributed by atoms with Crippen LogP contribution in [-0.4, -0.2) is 19.1 Å². The fourth-order valence-corrected chi connectivity index (χ4v) is 0.619. The monoisotopic (exact) mass is 144 g/mol. The molecule has 0 saturated carbocycles. The smallest absolute Gasteiger partial charge is 0.264 e. The highest BCUT2D eigenvalue weighted by Gasteiger charge is 1.93. The summed E-state index contributed by atoms with van der Waals surface area (Å²) < 4.78 is 4.86. The average Bonchev–Trinajstić information content (AvgIpc) is 1.87. The lowest BCUT2D eigenvalue weighted by atomic mass is 10.3. The average molecular weight is 144 g/mol. The summed E-state index contributed by atoms with van der Waals surface area (Å²) in [6, 6.07) is 0. The van der Waals surface area contributed by atoms with Crippen LogP contribution in [0, 0.1) is 0 Å². The van der Waals surface area contributed by atoms with E-state index in [-0.39, 0.29) is 6.61 Å². The first-order valence-electron chi connectivity index (χ1n) is 3.59. The van der Waals surface area contributed by atoms with Crippen LogP contribution >= 0.6 is 0 Å². The molecule has 0 bridgehead atoms. The van der Waals surface area contributed by atoms with E-state index in [0.717, 1.165) is 19.3 Å². The van der Waals surface area contributed by atoms with E-state index in [0.29, 0.717) is 6.61 Å². The molecule has 0 unspecified atom stereocenters. The highest BCUT2D eigenvalue weighted by atomic mass is 16.5. The molecule has 0 aromatic carbocycles. The number of carbonyl (C=O) groups excluding carboxylic acids is 1. The Kier molecular flexibility index (Phi) is 6.18. The molecule has 0 aromatic heterocycles. The van der Waals surface area contributed by atoms with E-state index in [1.165, 1.54) is 0 Å². The van der Waals surface area contributed by atoms with E-state index in [1.54, 1.807) is 0 Å². The molecule has 59 valence electrons. The zero-order valence-corrected chi connectivity index (χ0v) is 6.35. The maximum atomic E-state index is 10.0. The summed E-state index contributed by atoms with van der Waals surface area (Å²) in [5, 5.41) is 0. The third-order valence-corrected chi connectivity index (χ3v) is 1.13. The van der Waals surface area contributed by atoms with E-state index in [4.69, 9.17) is 10.5 Å². The van der Waals surface area contributed by atoms with Crippen molar-refractivity contribution in [3.8, 4) is 0 Å². The molecule has 0 aromatic rings. The minimum absolute atomic E-state index is 0.0519. The second kappa shape index (κ2) is 6.55. The Morgan fingerprint density at radius 1 is 1.50 bits per heavy atom. The lowest BCUT2D eigenvalue weighted by Crippen LogP contribution is -2.09. The van der Waals surface area contributed by atoms with Crippen molar-refractivity contribution in [2.75, 3.05) is 13.2 Å². The highest BCUT2D eigenvalue weighted by molar-refractivity contribution is 5.74. The maximum Gasteiger partial charge on any atom is 0.264 e. The lowest BCUT2D eigenvalue weighted by molar-refractivity contribution is -0.123. The van der Waals surface area contributed by atoms with E-state index < -0.39 is 5.91 Å². The van der Waals surface area contributed by atoms with Crippen molar-refractivity contribution in [3.63, 3.8) is 0 Å². The molecule has 10 heavy (non-hydrogen) atoms. The van der Waals surface area contributed by atoms with Crippen LogP contribution in [0.4, 0.5) is 0 Å². The first kappa shape index (κ1) is 9.43. The first-order chi connectivity index (χ1) is 4.77. The van der Waals surface area contributed by atoms with Gasteiger partial charge in [0.15, 0.2) is 0 Å². The standard InChI is InChI=1S/C7H14NO2/c1-2-3-4-5-10-6-7(8)9/h8H,2-6H2,1H3. The van der Waals surface area contributed by atoms with Crippen LogP contribution in [0.25, 0.3) is 0 Å². The van der Waals surface area contributed by atoms with Gasteiger partial charge in [-0.3, -0.25) is 10.5 Å². The Balaban J connectivity index is 2.84. The van der Waals surface area contributed by atoms with Gasteiger partial charge in [-0.2, -0.15) is 0 Å². The fraction of sp³-hybridized carbons (Fsp3) is 0.857. The number of hydrogen-bond donors (Lipinski definition) is 0. The third-order valence-electron chi connectivity index (χ3n) is 1.13. The summed E-state index contributed by atoms with van der Waals surface area (Å²) in [6.45, 7) is 2.66. The first-order valence-corrected chi connectivity index (χ1v) is 3.59. The topological polar surface area (TPSA) is 50.1 Å². The maximum absolute atomic E-state index is 10.0. The van der Waals surface area contributed by atoms with Crippen LogP contribution in [0.1, 0.15) is 26.2 Å². The van der Waals surface area contributed by atoms with Crippen LogP contribution in [0.3, 0.4) is 0 Å². The summed E-state index contributed by atoms with van der Waals surface area (Å²) in [7, 11) is 0. The Morgan fingerprint density at radius 2 is 2.20 bits per heavy atom. The van der Waals surface area contributed by atoms with E-state index in [1.807, 2.05) is 0 Å². The molecule has 0 spiro atoms. The molecule has 0 atom stereocenters. The molecule has 3 heteroatoms. The van der Waals surface area contributed by atoms with Crippen LogP contribution in [-0.2, 0) is 9.53 Å². The number of amides is 1. The van der Waals surface area contributed by atoms with Gasteiger partial charge >= 0.3 is 0 Å². The molecule has 0 saturated heterocycles. The summed E-state index contributed by atoms with van der Waals surface area (Å²) in [4.78, 5) is 10.0. The largest absolute Gasteiger partial charge is 0.372 e. The second-order valence-electron chi connectivity index (χ2n) is 2.18. The van der Waals surface area contributed by atoms with Gasteiger partial charge in [0.25, 0.3) is 5.91 Å². The second-order valence-corrected chi connectivity index (χ2v) is 2.18. The van der Waals surface area contributed by atoms with Crippen molar-refractivity contribution in [2.24, 2.45) is 0 Å². The van der Waals surface area contributed by atoms with Gasteiger partial charge in [0.2, 0.25) is 0 Å². The Morgan fingerprint density at radius 3 is 2.70 bits per heavy atom. The van der Waals surface area contributed by atoms with Crippen LogP contribution in [0.2, 0.25) is 0 Å². The number of rotatable bonds is 6. The predicted octanol–water partition coefficient (Wildman–Crippen LogP) is 1.00. The minimum atomic E-state index is -0.642. The molecule has 1 radical (unpaired) electrons. The SMILES string of the molecule is CCCCCOCC([NH])=O. The quantitative estimate of drug-likeness (QED) is 0.522. The van der Waals surface area contributed by atoms with Crippen molar-refractivity contribution < 1.29 is 9.53 Å². The summed E-state index contributed by atoms with van der Waals surface area (Å²) in [6.07, 6.45) is 3.27. The summed E-state index contributed by atoms with van der Waals surface area (Å²) in [5.74, 6) is -0.642. The van der Waals surface area contributed by atoms with Crippen molar-refractivity contribution in [2.45, 2.75) is 26.2 Å². The van der Waals surface area contributed by atoms with Crippen LogP contribution in [0.5, 0.6) is 0 Å². The Bertz CT molecular complexity index is 93.6.